The van der Waals surface area contributed by atoms with Gasteiger partial charge in [0, 0.05) is 31.6 Å². The molecule has 0 aromatic carbocycles. The Hall–Kier alpha value is -0.610. The summed E-state index contributed by atoms with van der Waals surface area (Å²) in [7, 11) is 0. The first-order chi connectivity index (χ1) is 9.74. The van der Waals surface area contributed by atoms with Crippen molar-refractivity contribution in [1.82, 2.24) is 15.1 Å². The van der Waals surface area contributed by atoms with Gasteiger partial charge in [0.05, 0.1) is 0 Å². The molecule has 3 fully saturated rings. The van der Waals surface area contributed by atoms with Crippen molar-refractivity contribution in [3.05, 3.63) is 0 Å². The van der Waals surface area contributed by atoms with Crippen molar-refractivity contribution in [2.24, 2.45) is 5.92 Å². The van der Waals surface area contributed by atoms with E-state index < -0.39 is 0 Å². The Morgan fingerprint density at radius 3 is 2.95 bits per heavy atom. The van der Waals surface area contributed by atoms with E-state index in [0.717, 1.165) is 44.9 Å². The van der Waals surface area contributed by atoms with Crippen LogP contribution in [0.25, 0.3) is 0 Å². The molecular formula is C16H29N3O. The lowest BCUT2D eigenvalue weighted by molar-refractivity contribution is -0.138. The molecule has 114 valence electrons. The second-order valence-electron chi connectivity index (χ2n) is 6.94. The highest BCUT2D eigenvalue weighted by Crippen LogP contribution is 2.25. The molecule has 0 saturated carbocycles. The molecule has 0 aromatic rings. The zero-order valence-corrected chi connectivity index (χ0v) is 12.8. The fraction of sp³-hybridized carbons (Fsp3) is 0.938. The summed E-state index contributed by atoms with van der Waals surface area (Å²) in [5.41, 5.74) is 0. The molecule has 0 bridgehead atoms. The van der Waals surface area contributed by atoms with Crippen LogP contribution in [0.15, 0.2) is 0 Å². The number of hydrogen-bond donors (Lipinski definition) is 1. The number of piperidine rings is 1. The van der Waals surface area contributed by atoms with Gasteiger partial charge >= 0.3 is 0 Å². The van der Waals surface area contributed by atoms with Gasteiger partial charge < -0.3 is 10.2 Å². The Morgan fingerprint density at radius 2 is 2.15 bits per heavy atom. The van der Waals surface area contributed by atoms with Crippen molar-refractivity contribution in [2.75, 3.05) is 32.7 Å². The minimum Gasteiger partial charge on any atom is -0.337 e. The number of piperazine rings is 1. The van der Waals surface area contributed by atoms with Crippen LogP contribution in [0.1, 0.15) is 45.4 Å². The zero-order chi connectivity index (χ0) is 13.9. The Labute approximate surface area is 122 Å². The molecule has 1 N–H and O–H groups in total. The predicted molar refractivity (Wildman–Crippen MR) is 80.6 cm³/mol. The fourth-order valence-electron chi connectivity index (χ4n) is 4.13. The fourth-order valence-corrected chi connectivity index (χ4v) is 4.13. The van der Waals surface area contributed by atoms with Crippen molar-refractivity contribution in [3.63, 3.8) is 0 Å². The minimum absolute atomic E-state index is 0.398. The molecule has 3 heterocycles. The van der Waals surface area contributed by atoms with E-state index in [0.29, 0.717) is 18.0 Å². The molecule has 0 aromatic heterocycles. The summed E-state index contributed by atoms with van der Waals surface area (Å²) in [5.74, 6) is 1.12. The van der Waals surface area contributed by atoms with Crippen molar-refractivity contribution < 1.29 is 4.79 Å². The quantitative estimate of drug-likeness (QED) is 0.849. The van der Waals surface area contributed by atoms with Gasteiger partial charge in [0.1, 0.15) is 0 Å². The smallest absolute Gasteiger partial charge is 0.222 e. The van der Waals surface area contributed by atoms with Gasteiger partial charge in [0.2, 0.25) is 5.91 Å². The van der Waals surface area contributed by atoms with Crippen LogP contribution in [0.5, 0.6) is 0 Å². The third-order valence-corrected chi connectivity index (χ3v) is 5.44. The van der Waals surface area contributed by atoms with Crippen LogP contribution in [0, 0.1) is 5.92 Å². The summed E-state index contributed by atoms with van der Waals surface area (Å²) in [6.07, 6.45) is 7.03. The van der Waals surface area contributed by atoms with Gasteiger partial charge in [-0.15, -0.1) is 0 Å². The number of fused-ring (bicyclic) bond motifs is 1. The number of nitrogens with one attached hydrogen (secondary N) is 1. The van der Waals surface area contributed by atoms with Gasteiger partial charge in [-0.25, -0.2) is 0 Å². The zero-order valence-electron chi connectivity index (χ0n) is 12.8. The maximum Gasteiger partial charge on any atom is 0.222 e. The van der Waals surface area contributed by atoms with Gasteiger partial charge in [-0.3, -0.25) is 9.69 Å². The van der Waals surface area contributed by atoms with Crippen LogP contribution in [-0.4, -0.2) is 60.5 Å². The highest BCUT2D eigenvalue weighted by atomic mass is 16.2. The third-order valence-electron chi connectivity index (χ3n) is 5.44. The van der Waals surface area contributed by atoms with Crippen LogP contribution >= 0.6 is 0 Å². The van der Waals surface area contributed by atoms with Gasteiger partial charge in [0.25, 0.3) is 0 Å². The molecular weight excluding hydrogens is 250 g/mol. The van der Waals surface area contributed by atoms with Crippen molar-refractivity contribution in [1.29, 1.82) is 0 Å². The SMILES string of the molecule is CC1CN2CCCCC2CN1C(=O)CCC1CCNC1. The first kappa shape index (κ1) is 14.3. The van der Waals surface area contributed by atoms with E-state index in [1.165, 1.54) is 32.2 Å². The van der Waals surface area contributed by atoms with Crippen LogP contribution < -0.4 is 5.32 Å². The molecule has 3 atom stereocenters. The lowest BCUT2D eigenvalue weighted by atomic mass is 9.96. The molecule has 0 aliphatic carbocycles. The molecule has 20 heavy (non-hydrogen) atoms. The average molecular weight is 279 g/mol. The molecule has 0 spiro atoms. The molecule has 4 heteroatoms. The standard InChI is InChI=1S/C16H29N3O/c1-13-11-18-9-3-2-4-15(18)12-19(13)16(20)6-5-14-7-8-17-10-14/h13-15,17H,2-12H2,1H3. The van der Waals surface area contributed by atoms with Crippen LogP contribution in [0.2, 0.25) is 0 Å². The number of carbonyl (C=O) groups excluding carboxylic acids is 1. The largest absolute Gasteiger partial charge is 0.337 e. The van der Waals surface area contributed by atoms with Crippen molar-refractivity contribution in [2.45, 2.75) is 57.5 Å². The molecule has 3 unspecified atom stereocenters. The molecule has 4 nitrogen and oxygen atoms in total. The number of carbonyl (C=O) groups is 1. The molecule has 1 amide bonds. The maximum atomic E-state index is 12.5. The molecule has 3 saturated heterocycles. The van der Waals surface area contributed by atoms with E-state index in [1.807, 2.05) is 0 Å². The van der Waals surface area contributed by atoms with Gasteiger partial charge in [-0.05, 0) is 58.2 Å². The average Bonchev–Trinajstić information content (AvgIpc) is 2.97. The molecule has 3 rings (SSSR count). The van der Waals surface area contributed by atoms with Crippen LogP contribution in [0.3, 0.4) is 0 Å². The van der Waals surface area contributed by atoms with Gasteiger partial charge in [-0.1, -0.05) is 6.42 Å². The van der Waals surface area contributed by atoms with Gasteiger partial charge in [0.15, 0.2) is 0 Å². The number of amides is 1. The summed E-state index contributed by atoms with van der Waals surface area (Å²) < 4.78 is 0. The molecule has 3 aliphatic rings. The number of hydrogen-bond acceptors (Lipinski definition) is 3. The summed E-state index contributed by atoms with van der Waals surface area (Å²) in [4.78, 5) is 17.3. The first-order valence-corrected chi connectivity index (χ1v) is 8.48. The summed E-state index contributed by atoms with van der Waals surface area (Å²) in [6, 6.07) is 1.04. The van der Waals surface area contributed by atoms with Gasteiger partial charge in [-0.2, -0.15) is 0 Å². The Bertz CT molecular complexity index is 341. The highest BCUT2D eigenvalue weighted by Gasteiger charge is 2.35. The second kappa shape index (κ2) is 6.44. The monoisotopic (exact) mass is 279 g/mol. The van der Waals surface area contributed by atoms with Crippen LogP contribution in [0.4, 0.5) is 0 Å². The molecule has 0 radical (unpaired) electrons. The summed E-state index contributed by atoms with van der Waals surface area (Å²) >= 11 is 0. The van der Waals surface area contributed by atoms with E-state index in [-0.39, 0.29) is 0 Å². The predicted octanol–water partition coefficient (Wildman–Crippen LogP) is 1.46. The summed E-state index contributed by atoms with van der Waals surface area (Å²) in [5, 5.41) is 3.39. The summed E-state index contributed by atoms with van der Waals surface area (Å²) in [6.45, 7) is 7.77. The van der Waals surface area contributed by atoms with Crippen LogP contribution in [-0.2, 0) is 4.79 Å². The Balaban J connectivity index is 1.51. The van der Waals surface area contributed by atoms with E-state index in [1.54, 1.807) is 0 Å². The van der Waals surface area contributed by atoms with E-state index in [4.69, 9.17) is 0 Å². The number of rotatable bonds is 3. The van der Waals surface area contributed by atoms with E-state index in [9.17, 15) is 4.79 Å². The highest BCUT2D eigenvalue weighted by molar-refractivity contribution is 5.76. The number of nitrogens with zero attached hydrogens (tertiary/aromatic N) is 2. The van der Waals surface area contributed by atoms with E-state index >= 15 is 0 Å². The van der Waals surface area contributed by atoms with Crippen molar-refractivity contribution >= 4 is 5.91 Å². The maximum absolute atomic E-state index is 12.5. The third kappa shape index (κ3) is 3.17. The molecule has 3 aliphatic heterocycles. The normalized spacial score (nSPS) is 35.0. The van der Waals surface area contributed by atoms with E-state index in [2.05, 4.69) is 22.0 Å². The topological polar surface area (TPSA) is 35.6 Å². The van der Waals surface area contributed by atoms with Crippen molar-refractivity contribution in [3.8, 4) is 0 Å². The Morgan fingerprint density at radius 1 is 1.25 bits per heavy atom. The lowest BCUT2D eigenvalue weighted by Crippen LogP contribution is -2.60. The lowest BCUT2D eigenvalue weighted by Gasteiger charge is -2.47. The first-order valence-electron chi connectivity index (χ1n) is 8.48. The Kier molecular flexibility index (Phi) is 4.61. The minimum atomic E-state index is 0.398. The second-order valence-corrected chi connectivity index (χ2v) is 6.94.